The Morgan fingerprint density at radius 3 is 2.74 bits per heavy atom. The molecule has 1 atom stereocenters. The number of furan rings is 1. The van der Waals surface area contributed by atoms with Crippen LogP contribution in [0.25, 0.3) is 0 Å². The number of piperidine rings is 1. The Morgan fingerprint density at radius 1 is 1.35 bits per heavy atom. The lowest BCUT2D eigenvalue weighted by molar-refractivity contribution is 0.0810. The molecule has 0 aromatic carbocycles. The minimum atomic E-state index is -0.556. The molecule has 2 aromatic heterocycles. The zero-order valence-corrected chi connectivity index (χ0v) is 13.7. The molecule has 1 saturated heterocycles. The van der Waals surface area contributed by atoms with Crippen molar-refractivity contribution in [1.82, 2.24) is 14.9 Å². The molecule has 1 fully saturated rings. The highest BCUT2D eigenvalue weighted by molar-refractivity contribution is 5.36. The number of likely N-dealkylation sites (tertiary alicyclic amines) is 1. The minimum absolute atomic E-state index is 0.476. The van der Waals surface area contributed by atoms with E-state index < -0.39 is 6.10 Å². The first-order valence-electron chi connectivity index (χ1n) is 8.09. The predicted molar refractivity (Wildman–Crippen MR) is 88.3 cm³/mol. The number of hydrogen-bond acceptors (Lipinski definition) is 6. The molecule has 1 aliphatic rings. The molecule has 1 aliphatic heterocycles. The van der Waals surface area contributed by atoms with Gasteiger partial charge in [0.15, 0.2) is 0 Å². The molecule has 124 valence electrons. The number of aliphatic hydroxyl groups excluding tert-OH is 1. The van der Waals surface area contributed by atoms with Gasteiger partial charge in [0.05, 0.1) is 0 Å². The lowest BCUT2D eigenvalue weighted by atomic mass is 10.0. The number of aromatic nitrogens is 2. The van der Waals surface area contributed by atoms with Crippen molar-refractivity contribution >= 4 is 5.82 Å². The van der Waals surface area contributed by atoms with Crippen LogP contribution in [-0.2, 0) is 0 Å². The maximum Gasteiger partial charge on any atom is 0.133 e. The summed E-state index contributed by atoms with van der Waals surface area (Å²) in [7, 11) is 2.09. The summed E-state index contributed by atoms with van der Waals surface area (Å²) in [5.74, 6) is 2.46. The predicted octanol–water partition coefficient (Wildman–Crippen LogP) is 2.01. The quantitative estimate of drug-likeness (QED) is 0.910. The highest BCUT2D eigenvalue weighted by atomic mass is 16.4. The van der Waals surface area contributed by atoms with Crippen molar-refractivity contribution in [3.8, 4) is 0 Å². The Hall–Kier alpha value is -1.92. The topological polar surface area (TPSA) is 65.6 Å². The fourth-order valence-corrected chi connectivity index (χ4v) is 3.14. The van der Waals surface area contributed by atoms with Crippen LogP contribution in [0.2, 0.25) is 0 Å². The van der Waals surface area contributed by atoms with E-state index in [0.29, 0.717) is 18.3 Å². The second-order valence-corrected chi connectivity index (χ2v) is 6.17. The molecule has 0 aliphatic carbocycles. The molecule has 0 bridgehead atoms. The van der Waals surface area contributed by atoms with Gasteiger partial charge in [0.2, 0.25) is 0 Å². The molecule has 0 radical (unpaired) electrons. The standard InChI is InChI=1S/C17H24N4O2/c1-13-3-4-16(23-13)15(22)11-21-9-6-14(7-10-21)20(2)17-5-8-18-12-19-17/h3-5,8,12,14-15,22H,6-7,9-11H2,1-2H3. The van der Waals surface area contributed by atoms with Crippen molar-refractivity contribution in [3.63, 3.8) is 0 Å². The number of rotatable bonds is 5. The zero-order valence-electron chi connectivity index (χ0n) is 13.7. The van der Waals surface area contributed by atoms with Crippen LogP contribution in [0.4, 0.5) is 5.82 Å². The van der Waals surface area contributed by atoms with Gasteiger partial charge in [-0.25, -0.2) is 9.97 Å². The fraction of sp³-hybridized carbons (Fsp3) is 0.529. The minimum Gasteiger partial charge on any atom is -0.464 e. The highest BCUT2D eigenvalue weighted by Gasteiger charge is 2.25. The largest absolute Gasteiger partial charge is 0.464 e. The van der Waals surface area contributed by atoms with Crippen molar-refractivity contribution in [1.29, 1.82) is 0 Å². The van der Waals surface area contributed by atoms with E-state index in [1.165, 1.54) is 0 Å². The average molecular weight is 316 g/mol. The summed E-state index contributed by atoms with van der Waals surface area (Å²) in [5.41, 5.74) is 0. The van der Waals surface area contributed by atoms with Gasteiger partial charge in [-0.2, -0.15) is 0 Å². The van der Waals surface area contributed by atoms with E-state index in [9.17, 15) is 5.11 Å². The van der Waals surface area contributed by atoms with E-state index in [1.54, 1.807) is 12.5 Å². The molecule has 23 heavy (non-hydrogen) atoms. The third kappa shape index (κ3) is 3.89. The van der Waals surface area contributed by atoms with Crippen molar-refractivity contribution in [2.45, 2.75) is 31.9 Å². The lowest BCUT2D eigenvalue weighted by Gasteiger charge is -2.37. The third-order valence-corrected chi connectivity index (χ3v) is 4.55. The average Bonchev–Trinajstić information content (AvgIpc) is 3.02. The summed E-state index contributed by atoms with van der Waals surface area (Å²) >= 11 is 0. The summed E-state index contributed by atoms with van der Waals surface area (Å²) in [6.07, 6.45) is 4.92. The first kappa shape index (κ1) is 16.0. The Labute approximate surface area is 136 Å². The van der Waals surface area contributed by atoms with Crippen LogP contribution in [-0.4, -0.2) is 52.7 Å². The summed E-state index contributed by atoms with van der Waals surface area (Å²) in [6.45, 7) is 4.45. The van der Waals surface area contributed by atoms with Gasteiger partial charge in [-0.3, -0.25) is 0 Å². The molecule has 1 N–H and O–H groups in total. The second kappa shape index (κ2) is 7.10. The van der Waals surface area contributed by atoms with Gasteiger partial charge in [-0.1, -0.05) is 0 Å². The van der Waals surface area contributed by atoms with Gasteiger partial charge in [0, 0.05) is 38.9 Å². The second-order valence-electron chi connectivity index (χ2n) is 6.17. The van der Waals surface area contributed by atoms with Crippen molar-refractivity contribution in [3.05, 3.63) is 42.2 Å². The van der Waals surface area contributed by atoms with Crippen LogP contribution in [0.15, 0.2) is 35.1 Å². The molecule has 0 saturated carbocycles. The third-order valence-electron chi connectivity index (χ3n) is 4.55. The first-order valence-corrected chi connectivity index (χ1v) is 8.09. The number of nitrogens with zero attached hydrogens (tertiary/aromatic N) is 4. The Balaban J connectivity index is 1.50. The summed E-state index contributed by atoms with van der Waals surface area (Å²) < 4.78 is 5.50. The molecular formula is C17H24N4O2. The SMILES string of the molecule is Cc1ccc(C(O)CN2CCC(N(C)c3ccncn3)CC2)o1. The number of aliphatic hydroxyl groups is 1. The van der Waals surface area contributed by atoms with Crippen LogP contribution < -0.4 is 4.90 Å². The van der Waals surface area contributed by atoms with Crippen LogP contribution >= 0.6 is 0 Å². The monoisotopic (exact) mass is 316 g/mol. The van der Waals surface area contributed by atoms with Gasteiger partial charge in [0.25, 0.3) is 0 Å². The molecule has 6 heteroatoms. The van der Waals surface area contributed by atoms with Crippen LogP contribution in [0.5, 0.6) is 0 Å². The number of hydrogen-bond donors (Lipinski definition) is 1. The maximum atomic E-state index is 10.3. The number of aryl methyl sites for hydroxylation is 1. The molecule has 2 aromatic rings. The fourth-order valence-electron chi connectivity index (χ4n) is 3.14. The van der Waals surface area contributed by atoms with Crippen LogP contribution in [0.3, 0.4) is 0 Å². The first-order chi connectivity index (χ1) is 11.1. The number of β-amino-alcohol motifs (C(OH)–C–C–N with tert-alkyl or cyclic N) is 1. The van der Waals surface area contributed by atoms with Crippen LogP contribution in [0.1, 0.15) is 30.5 Å². The van der Waals surface area contributed by atoms with E-state index in [2.05, 4.69) is 26.8 Å². The molecule has 1 unspecified atom stereocenters. The van der Waals surface area contributed by atoms with E-state index in [-0.39, 0.29) is 0 Å². The zero-order chi connectivity index (χ0) is 16.2. The Kier molecular flexibility index (Phi) is 4.93. The van der Waals surface area contributed by atoms with Crippen LogP contribution in [0, 0.1) is 6.92 Å². The van der Waals surface area contributed by atoms with Gasteiger partial charge in [-0.15, -0.1) is 0 Å². The lowest BCUT2D eigenvalue weighted by Crippen LogP contribution is -2.44. The van der Waals surface area contributed by atoms with Gasteiger partial charge in [-0.05, 0) is 38.0 Å². The normalized spacial score (nSPS) is 18.0. The van der Waals surface area contributed by atoms with E-state index in [1.807, 2.05) is 25.1 Å². The van der Waals surface area contributed by atoms with E-state index >= 15 is 0 Å². The molecule has 6 nitrogen and oxygen atoms in total. The summed E-state index contributed by atoms with van der Waals surface area (Å²) in [4.78, 5) is 12.8. The van der Waals surface area contributed by atoms with Gasteiger partial charge < -0.3 is 19.3 Å². The maximum absolute atomic E-state index is 10.3. The Morgan fingerprint density at radius 2 is 2.13 bits per heavy atom. The van der Waals surface area contributed by atoms with Crippen molar-refractivity contribution in [2.75, 3.05) is 31.6 Å². The summed E-state index contributed by atoms with van der Waals surface area (Å²) in [6, 6.07) is 6.16. The molecule has 0 amide bonds. The Bertz CT molecular complexity index is 608. The number of anilines is 1. The van der Waals surface area contributed by atoms with Gasteiger partial charge in [0.1, 0.15) is 29.8 Å². The van der Waals surface area contributed by atoms with E-state index in [0.717, 1.165) is 37.5 Å². The van der Waals surface area contributed by atoms with Crippen molar-refractivity contribution < 1.29 is 9.52 Å². The summed E-state index contributed by atoms with van der Waals surface area (Å²) in [5, 5.41) is 10.3. The van der Waals surface area contributed by atoms with E-state index in [4.69, 9.17) is 4.42 Å². The molecular weight excluding hydrogens is 292 g/mol. The molecule has 3 heterocycles. The molecule has 3 rings (SSSR count). The highest BCUT2D eigenvalue weighted by Crippen LogP contribution is 2.23. The smallest absolute Gasteiger partial charge is 0.133 e. The van der Waals surface area contributed by atoms with Crippen molar-refractivity contribution in [2.24, 2.45) is 0 Å². The molecule has 0 spiro atoms. The van der Waals surface area contributed by atoms with Gasteiger partial charge >= 0.3 is 0 Å².